The maximum atomic E-state index is 13.2. The summed E-state index contributed by atoms with van der Waals surface area (Å²) in [5.41, 5.74) is 1.84. The molecule has 3 aliphatic heterocycles. The summed E-state index contributed by atoms with van der Waals surface area (Å²) < 4.78 is 7.47. The molecule has 0 saturated carbocycles. The number of benzene rings is 1. The fraction of sp³-hybridized carbons (Fsp3) is 0.333. The largest absolute Gasteiger partial charge is 0.497 e. The van der Waals surface area contributed by atoms with Crippen LogP contribution in [0.15, 0.2) is 52.2 Å². The molecule has 5 rings (SSSR count). The van der Waals surface area contributed by atoms with Crippen molar-refractivity contribution < 1.29 is 14.3 Å². The van der Waals surface area contributed by atoms with Crippen LogP contribution in [0.4, 0.5) is 0 Å². The van der Waals surface area contributed by atoms with Crippen LogP contribution in [-0.2, 0) is 16.1 Å². The minimum atomic E-state index is -0.254. The molecule has 1 aromatic carbocycles. The van der Waals surface area contributed by atoms with Gasteiger partial charge < -0.3 is 14.2 Å². The van der Waals surface area contributed by atoms with Crippen LogP contribution in [0.5, 0.6) is 5.75 Å². The Balaban J connectivity index is 1.29. The summed E-state index contributed by atoms with van der Waals surface area (Å²) in [5, 5.41) is 0. The highest BCUT2D eigenvalue weighted by Gasteiger charge is 2.39. The van der Waals surface area contributed by atoms with Crippen molar-refractivity contribution in [3.05, 3.63) is 69.0 Å². The number of thiocarbonyl (C=S) groups is 1. The molecule has 9 heteroatoms. The van der Waals surface area contributed by atoms with Crippen molar-refractivity contribution in [3.63, 3.8) is 0 Å². The molecule has 2 atom stereocenters. The number of hydrogen-bond acceptors (Lipinski definition) is 6. The van der Waals surface area contributed by atoms with Crippen LogP contribution in [-0.4, -0.2) is 57.2 Å². The van der Waals surface area contributed by atoms with Crippen LogP contribution in [0.1, 0.15) is 23.6 Å². The summed E-state index contributed by atoms with van der Waals surface area (Å²) in [4.78, 5) is 42.1. The third-order valence-electron chi connectivity index (χ3n) is 6.39. The number of hydrogen-bond donors (Lipinski definition) is 0. The first kappa shape index (κ1) is 21.9. The Morgan fingerprint density at radius 3 is 2.82 bits per heavy atom. The van der Waals surface area contributed by atoms with E-state index in [9.17, 15) is 14.4 Å². The lowest BCUT2D eigenvalue weighted by atomic mass is 9.83. The Bertz CT molecular complexity index is 1240. The highest BCUT2D eigenvalue weighted by Crippen LogP contribution is 2.36. The van der Waals surface area contributed by atoms with E-state index in [1.54, 1.807) is 25.3 Å². The molecule has 3 aliphatic rings. The van der Waals surface area contributed by atoms with Gasteiger partial charge in [0.1, 0.15) is 16.6 Å². The lowest BCUT2D eigenvalue weighted by Crippen LogP contribution is -2.51. The zero-order valence-corrected chi connectivity index (χ0v) is 19.7. The van der Waals surface area contributed by atoms with Gasteiger partial charge in [-0.05, 0) is 42.2 Å². The summed E-state index contributed by atoms with van der Waals surface area (Å²) in [7, 11) is 1.59. The van der Waals surface area contributed by atoms with Crippen molar-refractivity contribution >= 4 is 46.2 Å². The van der Waals surface area contributed by atoms with Crippen molar-refractivity contribution in [1.82, 2.24) is 14.4 Å². The number of carbonyl (C=O) groups excluding carboxylic acids is 2. The number of thioether (sulfide) groups is 1. The van der Waals surface area contributed by atoms with Crippen LogP contribution in [0.2, 0.25) is 0 Å². The summed E-state index contributed by atoms with van der Waals surface area (Å²) >= 11 is 6.63. The Morgan fingerprint density at radius 2 is 2.00 bits per heavy atom. The van der Waals surface area contributed by atoms with Crippen molar-refractivity contribution in [3.8, 4) is 5.75 Å². The molecule has 1 unspecified atom stereocenters. The van der Waals surface area contributed by atoms with Crippen LogP contribution in [0, 0.1) is 5.92 Å². The fourth-order valence-corrected chi connectivity index (χ4v) is 6.11. The molecular weight excluding hydrogens is 458 g/mol. The number of aromatic nitrogens is 1. The number of carbonyl (C=O) groups is 2. The van der Waals surface area contributed by atoms with Crippen molar-refractivity contribution in [2.75, 3.05) is 26.7 Å². The second-order valence-corrected chi connectivity index (χ2v) is 10.2. The first-order valence-electron chi connectivity index (χ1n) is 10.8. The Kier molecular flexibility index (Phi) is 5.84. The zero-order chi connectivity index (χ0) is 23.1. The monoisotopic (exact) mass is 481 g/mol. The first-order valence-corrected chi connectivity index (χ1v) is 12.0. The van der Waals surface area contributed by atoms with Gasteiger partial charge in [-0.1, -0.05) is 42.2 Å². The SMILES string of the molecule is COc1cccc(/C=C2\SC(=S)N(CC(=O)N3CC4C[C@@H](C3)c3cccc(=O)n3C4)C2=O)c1. The maximum absolute atomic E-state index is 13.2. The molecule has 0 spiro atoms. The van der Waals surface area contributed by atoms with Gasteiger partial charge in [0.05, 0.1) is 12.0 Å². The van der Waals surface area contributed by atoms with Crippen LogP contribution in [0.3, 0.4) is 0 Å². The third kappa shape index (κ3) is 4.22. The van der Waals surface area contributed by atoms with E-state index in [1.165, 1.54) is 16.7 Å². The maximum Gasteiger partial charge on any atom is 0.266 e. The lowest BCUT2D eigenvalue weighted by Gasteiger charge is -2.43. The van der Waals surface area contributed by atoms with Gasteiger partial charge in [0.2, 0.25) is 5.91 Å². The smallest absolute Gasteiger partial charge is 0.266 e. The third-order valence-corrected chi connectivity index (χ3v) is 7.77. The predicted molar refractivity (Wildman–Crippen MR) is 131 cm³/mol. The molecule has 0 radical (unpaired) electrons. The topological polar surface area (TPSA) is 71.8 Å². The fourth-order valence-electron chi connectivity index (χ4n) is 4.85. The van der Waals surface area contributed by atoms with E-state index in [0.29, 0.717) is 34.6 Å². The summed E-state index contributed by atoms with van der Waals surface area (Å²) in [5.74, 6) is 0.702. The first-order chi connectivity index (χ1) is 15.9. The standard InChI is InChI=1S/C24H23N3O4S2/c1-31-18-5-2-4-15(9-18)10-20-23(30)27(24(32)33-20)14-22(29)25-11-16-8-17(13-25)19-6-3-7-21(28)26(19)12-16/h2-7,9-10,16-17H,8,11-14H2,1H3/b20-10-/t16?,17-/m0/s1. The lowest BCUT2D eigenvalue weighted by molar-refractivity contribution is -0.137. The van der Waals surface area contributed by atoms with E-state index in [1.807, 2.05) is 39.8 Å². The van der Waals surface area contributed by atoms with Gasteiger partial charge in [0.25, 0.3) is 11.5 Å². The second-order valence-electron chi connectivity index (χ2n) is 8.54. The van der Waals surface area contributed by atoms with Gasteiger partial charge in [0, 0.05) is 37.3 Å². The van der Waals surface area contributed by atoms with Gasteiger partial charge >= 0.3 is 0 Å². The summed E-state index contributed by atoms with van der Waals surface area (Å²) in [6, 6.07) is 12.8. The Labute approximate surface area is 201 Å². The number of ether oxygens (including phenoxy) is 1. The van der Waals surface area contributed by atoms with E-state index >= 15 is 0 Å². The normalized spacial score (nSPS) is 23.1. The summed E-state index contributed by atoms with van der Waals surface area (Å²) in [6.45, 7) is 1.69. The number of piperidine rings is 1. The van der Waals surface area contributed by atoms with Crippen molar-refractivity contribution in [1.29, 1.82) is 0 Å². The molecule has 4 heterocycles. The molecule has 2 fully saturated rings. The number of rotatable bonds is 4. The van der Waals surface area contributed by atoms with E-state index in [4.69, 9.17) is 17.0 Å². The van der Waals surface area contributed by atoms with E-state index in [-0.39, 0.29) is 35.8 Å². The number of amides is 2. The van der Waals surface area contributed by atoms with Gasteiger partial charge in [-0.25, -0.2) is 0 Å². The highest BCUT2D eigenvalue weighted by molar-refractivity contribution is 8.26. The quantitative estimate of drug-likeness (QED) is 0.494. The molecule has 1 aromatic heterocycles. The van der Waals surface area contributed by atoms with Crippen LogP contribution >= 0.6 is 24.0 Å². The van der Waals surface area contributed by atoms with Gasteiger partial charge in [-0.2, -0.15) is 0 Å². The van der Waals surface area contributed by atoms with Crippen molar-refractivity contribution in [2.45, 2.75) is 18.9 Å². The number of pyridine rings is 1. The highest BCUT2D eigenvalue weighted by atomic mass is 32.2. The Morgan fingerprint density at radius 1 is 1.18 bits per heavy atom. The molecule has 2 saturated heterocycles. The molecule has 2 aromatic rings. The Hall–Kier alpha value is -2.91. The summed E-state index contributed by atoms with van der Waals surface area (Å²) in [6.07, 6.45) is 2.74. The van der Waals surface area contributed by atoms with Crippen molar-refractivity contribution in [2.24, 2.45) is 5.92 Å². The second kappa shape index (κ2) is 8.79. The van der Waals surface area contributed by atoms with Gasteiger partial charge in [-0.15, -0.1) is 0 Å². The molecule has 33 heavy (non-hydrogen) atoms. The average molecular weight is 482 g/mol. The average Bonchev–Trinajstić information content (AvgIpc) is 3.07. The molecule has 0 aliphatic carbocycles. The van der Waals surface area contributed by atoms with E-state index in [2.05, 4.69) is 0 Å². The molecule has 170 valence electrons. The predicted octanol–water partition coefficient (Wildman–Crippen LogP) is 2.70. The number of likely N-dealkylation sites (tertiary alicyclic amines) is 1. The molecule has 7 nitrogen and oxygen atoms in total. The molecule has 0 N–H and O–H groups in total. The van der Waals surface area contributed by atoms with Gasteiger partial charge in [-0.3, -0.25) is 19.3 Å². The zero-order valence-electron chi connectivity index (χ0n) is 18.1. The van der Waals surface area contributed by atoms with Crippen LogP contribution in [0.25, 0.3) is 6.08 Å². The van der Waals surface area contributed by atoms with E-state index < -0.39 is 0 Å². The minimum absolute atomic E-state index is 0.0161. The van der Waals surface area contributed by atoms with Gasteiger partial charge in [0.15, 0.2) is 0 Å². The van der Waals surface area contributed by atoms with Crippen LogP contribution < -0.4 is 10.3 Å². The van der Waals surface area contributed by atoms with E-state index in [0.717, 1.165) is 17.7 Å². The molecular formula is C24H23N3O4S2. The molecule has 2 amide bonds. The number of methoxy groups -OCH3 is 1. The minimum Gasteiger partial charge on any atom is -0.497 e. The molecule has 2 bridgehead atoms. The number of fused-ring (bicyclic) bond motifs is 4. The number of nitrogens with zero attached hydrogens (tertiary/aromatic N) is 3.